The molecule has 1 aromatic heterocycles. The van der Waals surface area contributed by atoms with Crippen LogP contribution in [0.5, 0.6) is 17.4 Å². The van der Waals surface area contributed by atoms with Gasteiger partial charge in [0, 0.05) is 25.7 Å². The lowest BCUT2D eigenvalue weighted by Crippen LogP contribution is -2.39. The molecule has 0 saturated carbocycles. The first-order chi connectivity index (χ1) is 16.9. The average molecular weight is 482 g/mol. The summed E-state index contributed by atoms with van der Waals surface area (Å²) in [7, 11) is 1.63. The molecule has 0 fully saturated rings. The van der Waals surface area contributed by atoms with Crippen LogP contribution in [0.3, 0.4) is 0 Å². The van der Waals surface area contributed by atoms with Crippen LogP contribution in [0.4, 0.5) is 0 Å². The van der Waals surface area contributed by atoms with Crippen molar-refractivity contribution in [3.63, 3.8) is 0 Å². The molecule has 0 saturated heterocycles. The zero-order chi connectivity index (χ0) is 25.2. The summed E-state index contributed by atoms with van der Waals surface area (Å²) < 4.78 is 19.5. The molecule has 190 valence electrons. The topological polar surface area (TPSA) is 69.0 Å². The van der Waals surface area contributed by atoms with Crippen molar-refractivity contribution in [1.82, 2.24) is 14.7 Å². The van der Waals surface area contributed by atoms with Crippen LogP contribution in [0.25, 0.3) is 5.69 Å². The molecule has 7 nitrogen and oxygen atoms in total. The van der Waals surface area contributed by atoms with Gasteiger partial charge in [-0.15, -0.1) is 0 Å². The third-order valence-electron chi connectivity index (χ3n) is 5.90. The second kappa shape index (κ2) is 13.3. The third kappa shape index (κ3) is 7.31. The SMILES string of the molecule is CCCCOC[C@H](O)CN(Cc1c(C)nn(-c2ccccc2)c1Oc1ccccc1OC)C(C)C. The van der Waals surface area contributed by atoms with Crippen LogP contribution in [0, 0.1) is 6.92 Å². The zero-order valence-electron chi connectivity index (χ0n) is 21.6. The van der Waals surface area contributed by atoms with Crippen molar-refractivity contribution < 1.29 is 19.3 Å². The van der Waals surface area contributed by atoms with Crippen molar-refractivity contribution >= 4 is 0 Å². The number of ether oxygens (including phenoxy) is 3. The lowest BCUT2D eigenvalue weighted by molar-refractivity contribution is 0.00842. The first kappa shape index (κ1) is 26.7. The molecule has 1 atom stereocenters. The Kier molecular flexibility index (Phi) is 10.1. The summed E-state index contributed by atoms with van der Waals surface area (Å²) in [6.07, 6.45) is 1.51. The van der Waals surface area contributed by atoms with Crippen LogP contribution < -0.4 is 9.47 Å². The average Bonchev–Trinajstić information content (AvgIpc) is 3.17. The molecule has 0 spiro atoms. The highest BCUT2D eigenvalue weighted by Gasteiger charge is 2.24. The van der Waals surface area contributed by atoms with Gasteiger partial charge in [0.2, 0.25) is 5.88 Å². The van der Waals surface area contributed by atoms with Gasteiger partial charge in [0.15, 0.2) is 11.5 Å². The Morgan fingerprint density at radius 2 is 1.71 bits per heavy atom. The van der Waals surface area contributed by atoms with E-state index in [1.165, 1.54) is 0 Å². The van der Waals surface area contributed by atoms with Gasteiger partial charge in [-0.1, -0.05) is 43.7 Å². The molecular formula is C28H39N3O4. The van der Waals surface area contributed by atoms with Gasteiger partial charge in [-0.25, -0.2) is 4.68 Å². The van der Waals surface area contributed by atoms with Crippen molar-refractivity contribution in [3.05, 3.63) is 65.9 Å². The molecule has 2 aromatic carbocycles. The lowest BCUT2D eigenvalue weighted by Gasteiger charge is -2.29. The van der Waals surface area contributed by atoms with Crippen LogP contribution >= 0.6 is 0 Å². The number of rotatable bonds is 14. The van der Waals surface area contributed by atoms with Gasteiger partial charge in [-0.2, -0.15) is 5.10 Å². The highest BCUT2D eigenvalue weighted by atomic mass is 16.5. The van der Waals surface area contributed by atoms with Crippen LogP contribution in [0.2, 0.25) is 0 Å². The molecule has 0 unspecified atom stereocenters. The van der Waals surface area contributed by atoms with Gasteiger partial charge < -0.3 is 19.3 Å². The summed E-state index contributed by atoms with van der Waals surface area (Å²) in [6, 6.07) is 17.7. The molecule has 1 N–H and O–H groups in total. The van der Waals surface area contributed by atoms with Crippen LogP contribution in [-0.2, 0) is 11.3 Å². The van der Waals surface area contributed by atoms with E-state index in [1.54, 1.807) is 7.11 Å². The lowest BCUT2D eigenvalue weighted by atomic mass is 10.2. The minimum Gasteiger partial charge on any atom is -0.493 e. The first-order valence-electron chi connectivity index (χ1n) is 12.4. The van der Waals surface area contributed by atoms with E-state index in [-0.39, 0.29) is 6.04 Å². The number of aryl methyl sites for hydroxylation is 1. The summed E-state index contributed by atoms with van der Waals surface area (Å²) >= 11 is 0. The van der Waals surface area contributed by atoms with Crippen molar-refractivity contribution in [2.45, 2.75) is 59.2 Å². The Morgan fingerprint density at radius 3 is 2.37 bits per heavy atom. The number of methoxy groups -OCH3 is 1. The van der Waals surface area contributed by atoms with Gasteiger partial charge in [0.1, 0.15) is 0 Å². The third-order valence-corrected chi connectivity index (χ3v) is 5.90. The van der Waals surface area contributed by atoms with E-state index in [0.29, 0.717) is 43.7 Å². The minimum atomic E-state index is -0.572. The summed E-state index contributed by atoms with van der Waals surface area (Å²) in [5.41, 5.74) is 2.75. The number of para-hydroxylation sites is 3. The molecule has 3 rings (SSSR count). The van der Waals surface area contributed by atoms with Crippen molar-refractivity contribution in [3.8, 4) is 23.1 Å². The highest BCUT2D eigenvalue weighted by Crippen LogP contribution is 2.36. The summed E-state index contributed by atoms with van der Waals surface area (Å²) in [5.74, 6) is 1.91. The molecular weight excluding hydrogens is 442 g/mol. The Balaban J connectivity index is 1.91. The number of benzene rings is 2. The van der Waals surface area contributed by atoms with Gasteiger partial charge >= 0.3 is 0 Å². The number of aliphatic hydroxyl groups is 1. The molecule has 35 heavy (non-hydrogen) atoms. The van der Waals surface area contributed by atoms with E-state index in [2.05, 4.69) is 25.7 Å². The van der Waals surface area contributed by atoms with Crippen molar-refractivity contribution in [2.75, 3.05) is 26.9 Å². The highest BCUT2D eigenvalue weighted by molar-refractivity contribution is 5.47. The van der Waals surface area contributed by atoms with E-state index in [4.69, 9.17) is 19.3 Å². The van der Waals surface area contributed by atoms with Crippen molar-refractivity contribution in [1.29, 1.82) is 0 Å². The number of nitrogens with zero attached hydrogens (tertiary/aromatic N) is 3. The van der Waals surface area contributed by atoms with E-state index < -0.39 is 6.10 Å². The Hall–Kier alpha value is -2.87. The normalized spacial score (nSPS) is 12.3. The number of hydrogen-bond acceptors (Lipinski definition) is 6. The molecule has 3 aromatic rings. The van der Waals surface area contributed by atoms with Gasteiger partial charge in [0.05, 0.1) is 36.8 Å². The molecule has 7 heteroatoms. The maximum Gasteiger partial charge on any atom is 0.227 e. The monoisotopic (exact) mass is 481 g/mol. The molecule has 0 radical (unpaired) electrons. The fourth-order valence-corrected chi connectivity index (χ4v) is 3.83. The predicted molar refractivity (Wildman–Crippen MR) is 139 cm³/mol. The maximum absolute atomic E-state index is 10.6. The van der Waals surface area contributed by atoms with E-state index >= 15 is 0 Å². The number of unbranched alkanes of at least 4 members (excludes halogenated alkanes) is 1. The quantitative estimate of drug-likeness (QED) is 0.312. The van der Waals surface area contributed by atoms with Crippen LogP contribution in [-0.4, -0.2) is 58.8 Å². The fraction of sp³-hybridized carbons (Fsp3) is 0.464. The number of aliphatic hydroxyl groups excluding tert-OH is 1. The number of aromatic nitrogens is 2. The Labute approximate surface area is 209 Å². The molecule has 0 aliphatic carbocycles. The smallest absolute Gasteiger partial charge is 0.227 e. The second-order valence-corrected chi connectivity index (χ2v) is 8.97. The van der Waals surface area contributed by atoms with Gasteiger partial charge in [-0.05, 0) is 51.5 Å². The molecule has 0 aliphatic rings. The van der Waals surface area contributed by atoms with Gasteiger partial charge in [-0.3, -0.25) is 4.90 Å². The zero-order valence-corrected chi connectivity index (χ0v) is 21.6. The van der Waals surface area contributed by atoms with E-state index in [9.17, 15) is 5.11 Å². The van der Waals surface area contributed by atoms with Crippen LogP contribution in [0.15, 0.2) is 54.6 Å². The number of hydrogen-bond donors (Lipinski definition) is 1. The second-order valence-electron chi connectivity index (χ2n) is 8.97. The first-order valence-corrected chi connectivity index (χ1v) is 12.4. The molecule has 0 bridgehead atoms. The summed E-state index contributed by atoms with van der Waals surface area (Å²) in [5, 5.41) is 15.5. The largest absolute Gasteiger partial charge is 0.493 e. The Bertz CT molecular complexity index is 1040. The van der Waals surface area contributed by atoms with Crippen LogP contribution in [0.1, 0.15) is 44.9 Å². The minimum absolute atomic E-state index is 0.207. The molecule has 0 aliphatic heterocycles. The summed E-state index contributed by atoms with van der Waals surface area (Å²) in [4.78, 5) is 2.22. The maximum atomic E-state index is 10.6. The standard InChI is InChI=1S/C28H39N3O4/c1-6-7-17-34-20-24(32)18-30(21(2)3)19-25-22(4)29-31(23-13-9-8-10-14-23)28(25)35-27-16-12-11-15-26(27)33-5/h8-16,21,24,32H,6-7,17-20H2,1-5H3/t24-/m1/s1. The fourth-order valence-electron chi connectivity index (χ4n) is 3.83. The molecule has 1 heterocycles. The van der Waals surface area contributed by atoms with Crippen molar-refractivity contribution in [2.24, 2.45) is 0 Å². The van der Waals surface area contributed by atoms with E-state index in [1.807, 2.05) is 66.2 Å². The summed E-state index contributed by atoms with van der Waals surface area (Å²) in [6.45, 7) is 10.5. The van der Waals surface area contributed by atoms with Gasteiger partial charge in [0.25, 0.3) is 0 Å². The predicted octanol–water partition coefficient (Wildman–Crippen LogP) is 5.37. The Morgan fingerprint density at radius 1 is 1.03 bits per heavy atom. The van der Waals surface area contributed by atoms with E-state index in [0.717, 1.165) is 29.8 Å². The molecule has 0 amide bonds.